The molecule has 0 radical (unpaired) electrons. The summed E-state index contributed by atoms with van der Waals surface area (Å²) < 4.78 is 6.89. The van der Waals surface area contributed by atoms with Gasteiger partial charge in [-0.25, -0.2) is 9.78 Å². The zero-order valence-corrected chi connectivity index (χ0v) is 10.5. The summed E-state index contributed by atoms with van der Waals surface area (Å²) in [6.07, 6.45) is 1.73. The molecule has 1 N–H and O–H groups in total. The van der Waals surface area contributed by atoms with Crippen molar-refractivity contribution in [2.75, 3.05) is 6.61 Å². The quantitative estimate of drug-likeness (QED) is 0.731. The third-order valence-electron chi connectivity index (χ3n) is 2.87. The fraction of sp³-hybridized carbons (Fsp3) is 0.143. The Morgan fingerprint density at radius 2 is 2.16 bits per heavy atom. The highest BCUT2D eigenvalue weighted by atomic mass is 16.5. The number of esters is 1. The Morgan fingerprint density at radius 1 is 1.37 bits per heavy atom. The monoisotopic (exact) mass is 255 g/mol. The minimum absolute atomic E-state index is 0.355. The van der Waals surface area contributed by atoms with Crippen molar-refractivity contribution in [1.29, 1.82) is 0 Å². The minimum atomic E-state index is -0.361. The Kier molecular flexibility index (Phi) is 2.79. The lowest BCUT2D eigenvalue weighted by atomic mass is 10.3. The number of nitrogens with one attached hydrogen (secondary N) is 1. The lowest BCUT2D eigenvalue weighted by Gasteiger charge is -2.01. The first-order chi connectivity index (χ1) is 9.29. The van der Waals surface area contributed by atoms with Gasteiger partial charge in [-0.2, -0.15) is 0 Å². The van der Waals surface area contributed by atoms with Crippen LogP contribution < -0.4 is 0 Å². The van der Waals surface area contributed by atoms with Crippen molar-refractivity contribution >= 4 is 17.1 Å². The van der Waals surface area contributed by atoms with Gasteiger partial charge >= 0.3 is 5.97 Å². The van der Waals surface area contributed by atoms with Crippen LogP contribution in [-0.2, 0) is 4.74 Å². The Balaban J connectivity index is 2.06. The SMILES string of the molecule is CCOC(=O)c1cc2c(ncn2-c2ccccc2)[nH]1. The van der Waals surface area contributed by atoms with Crippen LogP contribution in [0, 0.1) is 0 Å². The van der Waals surface area contributed by atoms with Gasteiger partial charge in [-0.1, -0.05) is 18.2 Å². The molecule has 0 fully saturated rings. The number of ether oxygens (including phenoxy) is 1. The fourth-order valence-corrected chi connectivity index (χ4v) is 2.01. The van der Waals surface area contributed by atoms with Gasteiger partial charge in [0.2, 0.25) is 0 Å². The molecule has 1 aromatic carbocycles. The number of fused-ring (bicyclic) bond motifs is 1. The molecular formula is C14H13N3O2. The maximum atomic E-state index is 11.7. The highest BCUT2D eigenvalue weighted by Gasteiger charge is 2.14. The van der Waals surface area contributed by atoms with Crippen molar-refractivity contribution in [3.8, 4) is 5.69 Å². The number of aromatic nitrogens is 3. The summed E-state index contributed by atoms with van der Waals surface area (Å²) in [6.45, 7) is 2.14. The Morgan fingerprint density at radius 3 is 2.89 bits per heavy atom. The number of hydrogen-bond donors (Lipinski definition) is 1. The molecule has 0 amide bonds. The largest absolute Gasteiger partial charge is 0.461 e. The zero-order valence-electron chi connectivity index (χ0n) is 10.5. The number of para-hydroxylation sites is 1. The van der Waals surface area contributed by atoms with Crippen LogP contribution in [0.5, 0.6) is 0 Å². The van der Waals surface area contributed by atoms with Crippen LogP contribution in [-0.4, -0.2) is 27.1 Å². The van der Waals surface area contributed by atoms with Crippen LogP contribution in [0.1, 0.15) is 17.4 Å². The van der Waals surface area contributed by atoms with E-state index in [1.54, 1.807) is 19.3 Å². The summed E-state index contributed by atoms with van der Waals surface area (Å²) in [6, 6.07) is 11.6. The minimum Gasteiger partial charge on any atom is -0.461 e. The molecular weight excluding hydrogens is 242 g/mol. The van der Waals surface area contributed by atoms with Crippen molar-refractivity contribution in [1.82, 2.24) is 14.5 Å². The predicted molar refractivity (Wildman–Crippen MR) is 71.4 cm³/mol. The van der Waals surface area contributed by atoms with Gasteiger partial charge in [0.15, 0.2) is 5.65 Å². The lowest BCUT2D eigenvalue weighted by Crippen LogP contribution is -2.04. The summed E-state index contributed by atoms with van der Waals surface area (Å²) in [4.78, 5) is 18.9. The van der Waals surface area contributed by atoms with Crippen LogP contribution in [0.3, 0.4) is 0 Å². The number of carbonyl (C=O) groups is 1. The summed E-state index contributed by atoms with van der Waals surface area (Å²) in [5.41, 5.74) is 2.95. The number of H-pyrrole nitrogens is 1. The molecule has 0 aliphatic carbocycles. The molecule has 0 saturated carbocycles. The van der Waals surface area contributed by atoms with Crippen molar-refractivity contribution in [2.45, 2.75) is 6.92 Å². The Hall–Kier alpha value is -2.56. The van der Waals surface area contributed by atoms with E-state index in [9.17, 15) is 4.79 Å². The number of carbonyl (C=O) groups excluding carboxylic acids is 1. The standard InChI is InChI=1S/C14H13N3O2/c1-2-19-14(18)11-8-12-13(16-11)15-9-17(12)10-6-4-3-5-7-10/h3-9,16H,2H2,1H3. The van der Waals surface area contributed by atoms with Crippen LogP contribution in [0.2, 0.25) is 0 Å². The summed E-state index contributed by atoms with van der Waals surface area (Å²) >= 11 is 0. The highest BCUT2D eigenvalue weighted by Crippen LogP contribution is 2.19. The molecule has 3 rings (SSSR count). The molecule has 0 unspecified atom stereocenters. The molecule has 0 spiro atoms. The van der Waals surface area contributed by atoms with Crippen LogP contribution >= 0.6 is 0 Å². The third kappa shape index (κ3) is 1.99. The first-order valence-electron chi connectivity index (χ1n) is 6.08. The second-order valence-corrected chi connectivity index (χ2v) is 4.09. The first-order valence-corrected chi connectivity index (χ1v) is 6.08. The number of rotatable bonds is 3. The molecule has 19 heavy (non-hydrogen) atoms. The van der Waals surface area contributed by atoms with Gasteiger partial charge in [0.25, 0.3) is 0 Å². The van der Waals surface area contributed by atoms with Gasteiger partial charge in [0, 0.05) is 5.69 Å². The molecule has 2 heterocycles. The van der Waals surface area contributed by atoms with E-state index in [1.807, 2.05) is 34.9 Å². The summed E-state index contributed by atoms with van der Waals surface area (Å²) in [5.74, 6) is -0.361. The molecule has 5 nitrogen and oxygen atoms in total. The topological polar surface area (TPSA) is 59.9 Å². The van der Waals surface area contributed by atoms with E-state index < -0.39 is 0 Å². The van der Waals surface area contributed by atoms with E-state index >= 15 is 0 Å². The molecule has 0 atom stereocenters. The van der Waals surface area contributed by atoms with Crippen molar-refractivity contribution in [3.05, 3.63) is 48.4 Å². The normalized spacial score (nSPS) is 10.8. The van der Waals surface area contributed by atoms with E-state index in [-0.39, 0.29) is 5.97 Å². The molecule has 0 aliphatic rings. The molecule has 2 aromatic heterocycles. The molecule has 0 saturated heterocycles. The van der Waals surface area contributed by atoms with Gasteiger partial charge in [-0.3, -0.25) is 4.57 Å². The van der Waals surface area contributed by atoms with E-state index in [0.717, 1.165) is 11.2 Å². The summed E-state index contributed by atoms with van der Waals surface area (Å²) in [7, 11) is 0. The molecule has 3 aromatic rings. The Bertz CT molecular complexity index is 713. The second kappa shape index (κ2) is 4.61. The van der Waals surface area contributed by atoms with Gasteiger partial charge in [-0.05, 0) is 25.1 Å². The average Bonchev–Trinajstić information content (AvgIpc) is 2.99. The smallest absolute Gasteiger partial charge is 0.354 e. The van der Waals surface area contributed by atoms with E-state index in [1.165, 1.54) is 0 Å². The van der Waals surface area contributed by atoms with Crippen LogP contribution in [0.25, 0.3) is 16.9 Å². The maximum absolute atomic E-state index is 11.7. The van der Waals surface area contributed by atoms with E-state index in [2.05, 4.69) is 9.97 Å². The predicted octanol–water partition coefficient (Wildman–Crippen LogP) is 2.53. The van der Waals surface area contributed by atoms with Crippen LogP contribution in [0.15, 0.2) is 42.7 Å². The fourth-order valence-electron chi connectivity index (χ4n) is 2.01. The number of hydrogen-bond acceptors (Lipinski definition) is 3. The van der Waals surface area contributed by atoms with Gasteiger partial charge in [-0.15, -0.1) is 0 Å². The van der Waals surface area contributed by atoms with E-state index in [0.29, 0.717) is 17.9 Å². The van der Waals surface area contributed by atoms with Gasteiger partial charge in [0.1, 0.15) is 12.0 Å². The number of aromatic amines is 1. The van der Waals surface area contributed by atoms with Gasteiger partial charge < -0.3 is 9.72 Å². The van der Waals surface area contributed by atoms with Gasteiger partial charge in [0.05, 0.1) is 12.1 Å². The average molecular weight is 255 g/mol. The molecule has 0 bridgehead atoms. The zero-order chi connectivity index (χ0) is 13.2. The first kappa shape index (κ1) is 11.5. The Labute approximate surface area is 109 Å². The van der Waals surface area contributed by atoms with Crippen molar-refractivity contribution < 1.29 is 9.53 Å². The molecule has 5 heteroatoms. The number of benzene rings is 1. The lowest BCUT2D eigenvalue weighted by molar-refractivity contribution is 0.0520. The van der Waals surface area contributed by atoms with Crippen molar-refractivity contribution in [2.24, 2.45) is 0 Å². The highest BCUT2D eigenvalue weighted by molar-refractivity contribution is 5.93. The number of nitrogens with zero attached hydrogens (tertiary/aromatic N) is 2. The number of imidazole rings is 1. The maximum Gasteiger partial charge on any atom is 0.354 e. The second-order valence-electron chi connectivity index (χ2n) is 4.09. The molecule has 0 aliphatic heterocycles. The molecule has 96 valence electrons. The van der Waals surface area contributed by atoms with Crippen molar-refractivity contribution in [3.63, 3.8) is 0 Å². The van der Waals surface area contributed by atoms with Crippen LogP contribution in [0.4, 0.5) is 0 Å². The summed E-state index contributed by atoms with van der Waals surface area (Å²) in [5, 5.41) is 0. The third-order valence-corrected chi connectivity index (χ3v) is 2.87. The van der Waals surface area contributed by atoms with E-state index in [4.69, 9.17) is 4.74 Å².